The van der Waals surface area contributed by atoms with Crippen molar-refractivity contribution in [2.75, 3.05) is 13.1 Å². The van der Waals surface area contributed by atoms with E-state index in [2.05, 4.69) is 20.6 Å². The van der Waals surface area contributed by atoms with Gasteiger partial charge in [0.15, 0.2) is 5.96 Å². The second kappa shape index (κ2) is 7.80. The predicted octanol–water partition coefficient (Wildman–Crippen LogP) is 3.24. The molecule has 0 spiro atoms. The Hall–Kier alpha value is -2.31. The van der Waals surface area contributed by atoms with Crippen molar-refractivity contribution >= 4 is 16.9 Å². The minimum atomic E-state index is -4.17. The fourth-order valence-corrected chi connectivity index (χ4v) is 2.12. The molecule has 1 aromatic heterocycles. The number of pyridine rings is 1. The Labute approximate surface area is 132 Å². The quantitative estimate of drug-likeness (QED) is 0.656. The largest absolute Gasteiger partial charge is 0.390 e. The van der Waals surface area contributed by atoms with Gasteiger partial charge in [0.2, 0.25) is 0 Å². The summed E-state index contributed by atoms with van der Waals surface area (Å²) in [4.78, 5) is 8.63. The number of guanidine groups is 1. The summed E-state index contributed by atoms with van der Waals surface area (Å²) in [6.45, 7) is 2.61. The number of aromatic nitrogens is 1. The molecular weight excluding hydrogens is 305 g/mol. The van der Waals surface area contributed by atoms with E-state index in [9.17, 15) is 13.2 Å². The van der Waals surface area contributed by atoms with Gasteiger partial charge >= 0.3 is 6.18 Å². The average molecular weight is 324 g/mol. The van der Waals surface area contributed by atoms with Gasteiger partial charge in [-0.25, -0.2) is 4.99 Å². The van der Waals surface area contributed by atoms with Crippen molar-refractivity contribution in [3.63, 3.8) is 0 Å². The maximum atomic E-state index is 12.2. The van der Waals surface area contributed by atoms with Crippen molar-refractivity contribution in [1.29, 1.82) is 0 Å². The molecule has 0 fully saturated rings. The van der Waals surface area contributed by atoms with Crippen LogP contribution in [0.1, 0.15) is 18.9 Å². The second-order valence-corrected chi connectivity index (χ2v) is 4.97. The third-order valence-corrected chi connectivity index (χ3v) is 3.19. The van der Waals surface area contributed by atoms with Crippen LogP contribution in [-0.2, 0) is 6.54 Å². The Morgan fingerprint density at radius 3 is 2.70 bits per heavy atom. The minimum Gasteiger partial charge on any atom is -0.357 e. The number of rotatable bonds is 5. The summed E-state index contributed by atoms with van der Waals surface area (Å²) in [5, 5.41) is 6.63. The monoisotopic (exact) mass is 324 g/mol. The summed E-state index contributed by atoms with van der Waals surface area (Å²) in [6.07, 6.45) is -3.36. The third kappa shape index (κ3) is 5.43. The van der Waals surface area contributed by atoms with Crippen LogP contribution in [0.3, 0.4) is 0 Å². The molecule has 0 aliphatic rings. The molecule has 0 unspecified atom stereocenters. The number of aliphatic imine (C=N–C) groups is 1. The van der Waals surface area contributed by atoms with Crippen molar-refractivity contribution in [2.45, 2.75) is 26.1 Å². The highest BCUT2D eigenvalue weighted by Crippen LogP contribution is 2.18. The molecule has 1 heterocycles. The lowest BCUT2D eigenvalue weighted by Gasteiger charge is -2.12. The van der Waals surface area contributed by atoms with E-state index >= 15 is 0 Å². The molecule has 0 atom stereocenters. The zero-order chi connectivity index (χ0) is 16.7. The molecule has 124 valence electrons. The van der Waals surface area contributed by atoms with Gasteiger partial charge in [0, 0.05) is 24.7 Å². The van der Waals surface area contributed by atoms with Gasteiger partial charge in [-0.1, -0.05) is 18.2 Å². The molecule has 0 aliphatic carbocycles. The average Bonchev–Trinajstić information content (AvgIpc) is 2.51. The van der Waals surface area contributed by atoms with Crippen LogP contribution in [-0.4, -0.2) is 30.2 Å². The van der Waals surface area contributed by atoms with Crippen molar-refractivity contribution in [1.82, 2.24) is 15.6 Å². The van der Waals surface area contributed by atoms with Crippen LogP contribution in [0.2, 0.25) is 0 Å². The molecule has 0 aliphatic heterocycles. The Morgan fingerprint density at radius 1 is 1.17 bits per heavy atom. The number of benzene rings is 1. The molecule has 0 bridgehead atoms. The first-order valence-corrected chi connectivity index (χ1v) is 7.41. The van der Waals surface area contributed by atoms with E-state index in [-0.39, 0.29) is 6.54 Å². The van der Waals surface area contributed by atoms with Crippen LogP contribution in [0.5, 0.6) is 0 Å². The first-order valence-electron chi connectivity index (χ1n) is 7.41. The minimum absolute atomic E-state index is 0.202. The van der Waals surface area contributed by atoms with Crippen LogP contribution in [0, 0.1) is 0 Å². The van der Waals surface area contributed by atoms with E-state index in [1.807, 2.05) is 37.3 Å². The Balaban J connectivity index is 2.07. The molecule has 0 saturated heterocycles. The second-order valence-electron chi connectivity index (χ2n) is 4.97. The molecule has 7 heteroatoms. The lowest BCUT2D eigenvalue weighted by atomic mass is 10.1. The lowest BCUT2D eigenvalue weighted by Crippen LogP contribution is -2.38. The lowest BCUT2D eigenvalue weighted by molar-refractivity contribution is -0.132. The molecule has 0 amide bonds. The summed E-state index contributed by atoms with van der Waals surface area (Å²) in [7, 11) is 0. The number of halogens is 3. The smallest absolute Gasteiger partial charge is 0.357 e. The van der Waals surface area contributed by atoms with Crippen LogP contribution >= 0.6 is 0 Å². The maximum Gasteiger partial charge on any atom is 0.390 e. The summed E-state index contributed by atoms with van der Waals surface area (Å²) in [6, 6.07) is 9.56. The first kappa shape index (κ1) is 17.1. The summed E-state index contributed by atoms with van der Waals surface area (Å²) in [5.41, 5.74) is 1.85. The van der Waals surface area contributed by atoms with Gasteiger partial charge < -0.3 is 10.6 Å². The highest BCUT2D eigenvalue weighted by Gasteiger charge is 2.26. The van der Waals surface area contributed by atoms with E-state index < -0.39 is 12.6 Å². The molecule has 2 N–H and O–H groups in total. The van der Waals surface area contributed by atoms with Crippen LogP contribution in [0.4, 0.5) is 13.2 Å². The topological polar surface area (TPSA) is 49.3 Å². The number of nitrogens with zero attached hydrogens (tertiary/aromatic N) is 2. The van der Waals surface area contributed by atoms with Gasteiger partial charge in [-0.05, 0) is 24.6 Å². The Kier molecular flexibility index (Phi) is 5.78. The van der Waals surface area contributed by atoms with E-state index in [0.717, 1.165) is 16.5 Å². The van der Waals surface area contributed by atoms with E-state index in [1.165, 1.54) is 0 Å². The SMILES string of the molecule is CCNC(=NCc1ccnc2ccccc12)NCCC(F)(F)F. The highest BCUT2D eigenvalue weighted by molar-refractivity contribution is 5.83. The maximum absolute atomic E-state index is 12.2. The Bertz CT molecular complexity index is 662. The predicted molar refractivity (Wildman–Crippen MR) is 85.2 cm³/mol. The molecule has 2 rings (SSSR count). The van der Waals surface area contributed by atoms with Gasteiger partial charge in [0.05, 0.1) is 18.5 Å². The number of nitrogens with one attached hydrogen (secondary N) is 2. The standard InChI is InChI=1S/C16H19F3N4/c1-2-20-15(22-10-8-16(17,18)19)23-11-12-7-9-21-14-6-4-3-5-13(12)14/h3-7,9H,2,8,10-11H2,1H3,(H2,20,22,23). The molecule has 4 nitrogen and oxygen atoms in total. The number of hydrogen-bond donors (Lipinski definition) is 2. The van der Waals surface area contributed by atoms with Crippen molar-refractivity contribution in [3.8, 4) is 0 Å². The van der Waals surface area contributed by atoms with E-state index in [4.69, 9.17) is 0 Å². The van der Waals surface area contributed by atoms with Gasteiger partial charge in [-0.2, -0.15) is 13.2 Å². The number of para-hydroxylation sites is 1. The molecular formula is C16H19F3N4. The van der Waals surface area contributed by atoms with Gasteiger partial charge in [-0.3, -0.25) is 4.98 Å². The summed E-state index contributed by atoms with van der Waals surface area (Å²) < 4.78 is 36.6. The fourth-order valence-electron chi connectivity index (χ4n) is 2.12. The van der Waals surface area contributed by atoms with Gasteiger partial charge in [-0.15, -0.1) is 0 Å². The summed E-state index contributed by atoms with van der Waals surface area (Å²) in [5.74, 6) is 0.373. The Morgan fingerprint density at radius 2 is 1.96 bits per heavy atom. The highest BCUT2D eigenvalue weighted by atomic mass is 19.4. The van der Waals surface area contributed by atoms with E-state index in [0.29, 0.717) is 19.0 Å². The molecule has 23 heavy (non-hydrogen) atoms. The van der Waals surface area contributed by atoms with Gasteiger partial charge in [0.1, 0.15) is 0 Å². The van der Waals surface area contributed by atoms with Crippen LogP contribution in [0.15, 0.2) is 41.5 Å². The van der Waals surface area contributed by atoms with E-state index in [1.54, 1.807) is 6.20 Å². The normalized spacial score (nSPS) is 12.4. The number of fused-ring (bicyclic) bond motifs is 1. The van der Waals surface area contributed by atoms with Crippen molar-refractivity contribution < 1.29 is 13.2 Å². The summed E-state index contributed by atoms with van der Waals surface area (Å²) >= 11 is 0. The number of hydrogen-bond acceptors (Lipinski definition) is 2. The molecule has 2 aromatic rings. The van der Waals surface area contributed by atoms with Gasteiger partial charge in [0.25, 0.3) is 0 Å². The zero-order valence-corrected chi connectivity index (χ0v) is 12.8. The van der Waals surface area contributed by atoms with Crippen LogP contribution < -0.4 is 10.6 Å². The molecule has 1 aromatic carbocycles. The first-order chi connectivity index (χ1) is 11.0. The van der Waals surface area contributed by atoms with Crippen molar-refractivity contribution in [3.05, 3.63) is 42.1 Å². The molecule has 0 saturated carbocycles. The fraction of sp³-hybridized carbons (Fsp3) is 0.375. The zero-order valence-electron chi connectivity index (χ0n) is 12.8. The molecule has 0 radical (unpaired) electrons. The van der Waals surface area contributed by atoms with Crippen molar-refractivity contribution in [2.24, 2.45) is 4.99 Å². The number of alkyl halides is 3. The van der Waals surface area contributed by atoms with Crippen LogP contribution in [0.25, 0.3) is 10.9 Å². The third-order valence-electron chi connectivity index (χ3n) is 3.19.